The van der Waals surface area contributed by atoms with Crippen LogP contribution in [0.2, 0.25) is 0 Å². The summed E-state index contributed by atoms with van der Waals surface area (Å²) in [6.45, 7) is 3.26. The summed E-state index contributed by atoms with van der Waals surface area (Å²) < 4.78 is 10.3. The van der Waals surface area contributed by atoms with Crippen molar-refractivity contribution in [2.75, 3.05) is 6.61 Å². The maximum absolute atomic E-state index is 12.2. The average molecular weight is 397 g/mol. The maximum atomic E-state index is 12.2. The largest absolute Gasteiger partial charge is 0.457 e. The predicted molar refractivity (Wildman–Crippen MR) is 108 cm³/mol. The van der Waals surface area contributed by atoms with Gasteiger partial charge in [0.05, 0.1) is 17.7 Å². The molecule has 0 spiro atoms. The fourth-order valence-corrected chi connectivity index (χ4v) is 2.20. The van der Waals surface area contributed by atoms with Gasteiger partial charge in [0.25, 0.3) is 0 Å². The van der Waals surface area contributed by atoms with E-state index in [1.54, 1.807) is 62.4 Å². The van der Waals surface area contributed by atoms with Crippen LogP contribution in [0.1, 0.15) is 29.8 Å². The Balaban J connectivity index is 1.89. The molecule has 0 saturated carbocycles. The van der Waals surface area contributed by atoms with Crippen molar-refractivity contribution in [2.24, 2.45) is 22.4 Å². The van der Waals surface area contributed by atoms with Crippen LogP contribution in [0.25, 0.3) is 0 Å². The number of hydrogen-bond acceptors (Lipinski definition) is 6. The fourth-order valence-electron chi connectivity index (χ4n) is 2.20. The number of hydrogen-bond donors (Lipinski definition) is 2. The van der Waals surface area contributed by atoms with Crippen molar-refractivity contribution in [2.45, 2.75) is 20.3 Å². The highest BCUT2D eigenvalue weighted by Crippen LogP contribution is 2.17. The molecule has 2 aromatic rings. The second kappa shape index (κ2) is 10.0. The first-order chi connectivity index (χ1) is 13.7. The first-order valence-electron chi connectivity index (χ1n) is 8.93. The van der Waals surface area contributed by atoms with Crippen molar-refractivity contribution in [3.05, 3.63) is 59.7 Å². The Morgan fingerprint density at radius 3 is 2.14 bits per heavy atom. The van der Waals surface area contributed by atoms with Crippen LogP contribution in [0.5, 0.6) is 5.75 Å². The zero-order chi connectivity index (χ0) is 21.4. The summed E-state index contributed by atoms with van der Waals surface area (Å²) in [6.07, 6.45) is 0.0197. The van der Waals surface area contributed by atoms with E-state index in [9.17, 15) is 14.4 Å². The maximum Gasteiger partial charge on any atom is 0.343 e. The van der Waals surface area contributed by atoms with Crippen molar-refractivity contribution in [1.29, 1.82) is 0 Å². The number of ether oxygens (including phenoxy) is 2. The van der Waals surface area contributed by atoms with Crippen LogP contribution >= 0.6 is 0 Å². The zero-order valence-electron chi connectivity index (χ0n) is 16.3. The quantitative estimate of drug-likeness (QED) is 0.301. The molecule has 4 N–H and O–H groups in total. The molecule has 29 heavy (non-hydrogen) atoms. The van der Waals surface area contributed by atoms with Crippen molar-refractivity contribution < 1.29 is 23.9 Å². The molecule has 0 aliphatic rings. The smallest absolute Gasteiger partial charge is 0.343 e. The van der Waals surface area contributed by atoms with Gasteiger partial charge >= 0.3 is 11.9 Å². The van der Waals surface area contributed by atoms with E-state index in [2.05, 4.69) is 4.99 Å². The molecule has 0 amide bonds. The molecule has 0 aromatic heterocycles. The predicted octanol–water partition coefficient (Wildman–Crippen LogP) is 2.12. The molecular formula is C21H23N3O5. The van der Waals surface area contributed by atoms with Crippen molar-refractivity contribution in [3.8, 4) is 5.75 Å². The lowest BCUT2D eigenvalue weighted by Crippen LogP contribution is -2.21. The third-order valence-electron chi connectivity index (χ3n) is 3.86. The van der Waals surface area contributed by atoms with E-state index in [0.717, 1.165) is 0 Å². The number of esters is 2. The van der Waals surface area contributed by atoms with Gasteiger partial charge in [-0.15, -0.1) is 0 Å². The van der Waals surface area contributed by atoms with Gasteiger partial charge in [-0.05, 0) is 42.0 Å². The van der Waals surface area contributed by atoms with E-state index in [1.165, 1.54) is 0 Å². The minimum absolute atomic E-state index is 0.0197. The van der Waals surface area contributed by atoms with E-state index < -0.39 is 11.9 Å². The van der Waals surface area contributed by atoms with Gasteiger partial charge in [-0.3, -0.25) is 9.59 Å². The lowest BCUT2D eigenvalue weighted by molar-refractivity contribution is -0.148. The van der Waals surface area contributed by atoms with Gasteiger partial charge in [-0.25, -0.2) is 9.79 Å². The Hall–Kier alpha value is -3.68. The van der Waals surface area contributed by atoms with Crippen molar-refractivity contribution in [1.82, 2.24) is 0 Å². The minimum atomic E-state index is -0.541. The number of rotatable bonds is 8. The van der Waals surface area contributed by atoms with E-state index in [4.69, 9.17) is 20.9 Å². The number of carbonyl (C=O) groups excluding carboxylic acids is 3. The molecule has 0 aliphatic carbocycles. The van der Waals surface area contributed by atoms with Crippen LogP contribution in [-0.4, -0.2) is 30.3 Å². The monoisotopic (exact) mass is 397 g/mol. The number of nitrogens with two attached hydrogens (primary N) is 2. The van der Waals surface area contributed by atoms with E-state index in [-0.39, 0.29) is 30.7 Å². The summed E-state index contributed by atoms with van der Waals surface area (Å²) in [6, 6.07) is 12.7. The summed E-state index contributed by atoms with van der Waals surface area (Å²) in [5.41, 5.74) is 12.1. The summed E-state index contributed by atoms with van der Waals surface area (Å²) >= 11 is 0. The van der Waals surface area contributed by atoms with Crippen molar-refractivity contribution in [3.63, 3.8) is 0 Å². The van der Waals surface area contributed by atoms with Crippen LogP contribution < -0.4 is 16.2 Å². The van der Waals surface area contributed by atoms with Crippen LogP contribution in [-0.2, 0) is 20.7 Å². The van der Waals surface area contributed by atoms with Crippen LogP contribution in [0.4, 0.5) is 5.69 Å². The standard InChI is InChI=1S/C21H23N3O5/c1-13(2)18(25)12-28-19(26)11-14-3-9-17(10-4-14)29-20(27)15-5-7-16(8-6-15)24-21(22)23/h3-10,13H,11-12H2,1-2H3,(H4,22,23,24). The van der Waals surface area contributed by atoms with Crippen LogP contribution in [0.15, 0.2) is 53.5 Å². The highest BCUT2D eigenvalue weighted by molar-refractivity contribution is 5.91. The SMILES string of the molecule is CC(C)C(=O)COC(=O)Cc1ccc(OC(=O)c2ccc(N=C(N)N)cc2)cc1. The average Bonchev–Trinajstić information content (AvgIpc) is 2.67. The van der Waals surface area contributed by atoms with Gasteiger partial charge in [-0.2, -0.15) is 0 Å². The Kier molecular flexibility index (Phi) is 7.47. The third-order valence-corrected chi connectivity index (χ3v) is 3.86. The lowest BCUT2D eigenvalue weighted by Gasteiger charge is -2.07. The molecule has 8 nitrogen and oxygen atoms in total. The molecular weight excluding hydrogens is 374 g/mol. The fraction of sp³-hybridized carbons (Fsp3) is 0.238. The number of ketones is 1. The molecule has 152 valence electrons. The molecule has 2 rings (SSSR count). The number of nitrogens with zero attached hydrogens (tertiary/aromatic N) is 1. The number of Topliss-reactive ketones (excluding diaryl/α,β-unsaturated/α-hetero) is 1. The Labute approximate surface area is 168 Å². The molecule has 0 atom stereocenters. The van der Waals surface area contributed by atoms with E-state index in [1.807, 2.05) is 0 Å². The molecule has 0 bridgehead atoms. The molecule has 0 saturated heterocycles. The minimum Gasteiger partial charge on any atom is -0.457 e. The molecule has 0 unspecified atom stereocenters. The number of carbonyl (C=O) groups is 3. The van der Waals surface area contributed by atoms with Gasteiger partial charge < -0.3 is 20.9 Å². The van der Waals surface area contributed by atoms with Gasteiger partial charge in [0.1, 0.15) is 12.4 Å². The normalized spacial score (nSPS) is 10.3. The molecule has 0 heterocycles. The topological polar surface area (TPSA) is 134 Å². The first-order valence-corrected chi connectivity index (χ1v) is 8.93. The Morgan fingerprint density at radius 1 is 0.966 bits per heavy atom. The zero-order valence-corrected chi connectivity index (χ0v) is 16.3. The molecule has 8 heteroatoms. The Morgan fingerprint density at radius 2 is 1.59 bits per heavy atom. The summed E-state index contributed by atoms with van der Waals surface area (Å²) in [4.78, 5) is 39.4. The Bertz CT molecular complexity index is 899. The number of aliphatic imine (C=N–C) groups is 1. The third kappa shape index (κ3) is 7.10. The molecule has 2 aromatic carbocycles. The summed E-state index contributed by atoms with van der Waals surface area (Å²) in [7, 11) is 0. The molecule has 0 radical (unpaired) electrons. The van der Waals surface area contributed by atoms with E-state index in [0.29, 0.717) is 22.6 Å². The second-order valence-electron chi connectivity index (χ2n) is 6.58. The van der Waals surface area contributed by atoms with Gasteiger partial charge in [0, 0.05) is 5.92 Å². The lowest BCUT2D eigenvalue weighted by atomic mass is 10.1. The summed E-state index contributed by atoms with van der Waals surface area (Å²) in [5, 5.41) is 0. The van der Waals surface area contributed by atoms with Gasteiger partial charge in [-0.1, -0.05) is 26.0 Å². The first kappa shape index (κ1) is 21.6. The van der Waals surface area contributed by atoms with Gasteiger partial charge in [0.15, 0.2) is 11.7 Å². The second-order valence-corrected chi connectivity index (χ2v) is 6.58. The van der Waals surface area contributed by atoms with Gasteiger partial charge in [0.2, 0.25) is 0 Å². The van der Waals surface area contributed by atoms with Crippen molar-refractivity contribution >= 4 is 29.4 Å². The highest BCUT2D eigenvalue weighted by Gasteiger charge is 2.12. The molecule has 0 fully saturated rings. The summed E-state index contributed by atoms with van der Waals surface area (Å²) in [5.74, 6) is -1.09. The van der Waals surface area contributed by atoms with E-state index >= 15 is 0 Å². The number of benzene rings is 2. The molecule has 0 aliphatic heterocycles. The highest BCUT2D eigenvalue weighted by atomic mass is 16.5. The van der Waals surface area contributed by atoms with Crippen LogP contribution in [0.3, 0.4) is 0 Å². The number of guanidine groups is 1. The van der Waals surface area contributed by atoms with Crippen LogP contribution in [0, 0.1) is 5.92 Å².